The molecule has 33 heavy (non-hydrogen) atoms. The SMILES string of the molecule is CCc1ccc(C(C)C(=O)NCc2ccc(C(F)(F)F)nc2-c2ccc(F)c(Cl)c2)cc1F. The van der Waals surface area contributed by atoms with Crippen molar-refractivity contribution in [2.45, 2.75) is 38.9 Å². The number of hydrogen-bond acceptors (Lipinski definition) is 2. The van der Waals surface area contributed by atoms with Crippen LogP contribution in [0.5, 0.6) is 0 Å². The molecule has 0 fully saturated rings. The van der Waals surface area contributed by atoms with E-state index in [1.54, 1.807) is 19.1 Å². The van der Waals surface area contributed by atoms with Crippen molar-refractivity contribution in [1.82, 2.24) is 10.3 Å². The Hall–Kier alpha value is -3.00. The summed E-state index contributed by atoms with van der Waals surface area (Å²) in [4.78, 5) is 16.3. The van der Waals surface area contributed by atoms with Gasteiger partial charge in [0.05, 0.1) is 16.6 Å². The van der Waals surface area contributed by atoms with E-state index < -0.39 is 35.3 Å². The van der Waals surface area contributed by atoms with Gasteiger partial charge in [0.2, 0.25) is 5.91 Å². The van der Waals surface area contributed by atoms with E-state index in [-0.39, 0.29) is 28.4 Å². The Morgan fingerprint density at radius 3 is 2.33 bits per heavy atom. The predicted octanol–water partition coefficient (Wildman–Crippen LogP) is 6.68. The van der Waals surface area contributed by atoms with E-state index in [0.717, 1.165) is 12.1 Å². The molecule has 3 nitrogen and oxygen atoms in total. The van der Waals surface area contributed by atoms with Gasteiger partial charge < -0.3 is 5.32 Å². The molecule has 0 radical (unpaired) electrons. The monoisotopic (exact) mass is 482 g/mol. The molecule has 1 N–H and O–H groups in total. The fourth-order valence-corrected chi connectivity index (χ4v) is 3.47. The van der Waals surface area contributed by atoms with Crippen molar-refractivity contribution in [3.05, 3.63) is 87.6 Å². The van der Waals surface area contributed by atoms with Gasteiger partial charge in [-0.05, 0) is 60.4 Å². The van der Waals surface area contributed by atoms with Crippen molar-refractivity contribution in [1.29, 1.82) is 0 Å². The summed E-state index contributed by atoms with van der Waals surface area (Å²) in [5.41, 5.74) is 0.231. The Balaban J connectivity index is 1.87. The van der Waals surface area contributed by atoms with Crippen LogP contribution in [-0.4, -0.2) is 10.9 Å². The lowest BCUT2D eigenvalue weighted by Crippen LogP contribution is -2.28. The van der Waals surface area contributed by atoms with Gasteiger partial charge in [0.15, 0.2) is 0 Å². The van der Waals surface area contributed by atoms with Gasteiger partial charge in [-0.2, -0.15) is 13.2 Å². The number of carbonyl (C=O) groups is 1. The lowest BCUT2D eigenvalue weighted by Gasteiger charge is -2.16. The predicted molar refractivity (Wildman–Crippen MR) is 116 cm³/mol. The molecule has 174 valence electrons. The molecule has 3 aromatic rings. The van der Waals surface area contributed by atoms with Crippen molar-refractivity contribution in [3.63, 3.8) is 0 Å². The van der Waals surface area contributed by atoms with Gasteiger partial charge in [-0.3, -0.25) is 4.79 Å². The fraction of sp³-hybridized carbons (Fsp3) is 0.250. The van der Waals surface area contributed by atoms with Crippen LogP contribution in [0.3, 0.4) is 0 Å². The van der Waals surface area contributed by atoms with E-state index in [9.17, 15) is 26.7 Å². The third-order valence-corrected chi connectivity index (χ3v) is 5.56. The number of hydrogen-bond donors (Lipinski definition) is 1. The molecule has 0 saturated heterocycles. The zero-order chi connectivity index (χ0) is 24.3. The molecule has 2 aromatic carbocycles. The molecule has 0 aliphatic heterocycles. The molecule has 1 amide bonds. The van der Waals surface area contributed by atoms with Gasteiger partial charge in [-0.15, -0.1) is 0 Å². The van der Waals surface area contributed by atoms with Crippen LogP contribution < -0.4 is 5.32 Å². The molecule has 0 aliphatic carbocycles. The first kappa shape index (κ1) is 24.6. The zero-order valence-corrected chi connectivity index (χ0v) is 18.5. The summed E-state index contributed by atoms with van der Waals surface area (Å²) in [7, 11) is 0. The van der Waals surface area contributed by atoms with Crippen molar-refractivity contribution in [2.75, 3.05) is 0 Å². The summed E-state index contributed by atoms with van der Waals surface area (Å²) in [5.74, 6) is -2.27. The molecule has 0 bridgehead atoms. The van der Waals surface area contributed by atoms with Crippen LogP contribution >= 0.6 is 11.6 Å². The quantitative estimate of drug-likeness (QED) is 0.398. The first-order valence-corrected chi connectivity index (χ1v) is 10.5. The van der Waals surface area contributed by atoms with Crippen LogP contribution in [-0.2, 0) is 23.9 Å². The highest BCUT2D eigenvalue weighted by Crippen LogP contribution is 2.32. The van der Waals surface area contributed by atoms with Gasteiger partial charge >= 0.3 is 6.18 Å². The Bertz CT molecular complexity index is 1180. The van der Waals surface area contributed by atoms with E-state index in [4.69, 9.17) is 11.6 Å². The van der Waals surface area contributed by atoms with Crippen LogP contribution in [0.25, 0.3) is 11.3 Å². The lowest BCUT2D eigenvalue weighted by atomic mass is 9.97. The number of aromatic nitrogens is 1. The van der Waals surface area contributed by atoms with E-state index in [0.29, 0.717) is 17.5 Å². The third kappa shape index (κ3) is 5.68. The van der Waals surface area contributed by atoms with Gasteiger partial charge in [-0.25, -0.2) is 13.8 Å². The van der Waals surface area contributed by atoms with Crippen molar-refractivity contribution in [2.24, 2.45) is 0 Å². The minimum atomic E-state index is -4.69. The number of carbonyl (C=O) groups excluding carboxylic acids is 1. The highest BCUT2D eigenvalue weighted by molar-refractivity contribution is 6.31. The summed E-state index contributed by atoms with van der Waals surface area (Å²) in [6.07, 6.45) is -4.17. The number of rotatable bonds is 6. The first-order valence-electron chi connectivity index (χ1n) is 10.1. The van der Waals surface area contributed by atoms with Gasteiger partial charge in [-0.1, -0.05) is 36.7 Å². The molecular weight excluding hydrogens is 463 g/mol. The first-order chi connectivity index (χ1) is 15.5. The second kappa shape index (κ2) is 9.87. The van der Waals surface area contributed by atoms with Crippen molar-refractivity contribution < 1.29 is 26.7 Å². The number of halogens is 6. The van der Waals surface area contributed by atoms with Crippen LogP contribution in [0.15, 0.2) is 48.5 Å². The molecular formula is C24H20ClF5N2O. The van der Waals surface area contributed by atoms with E-state index in [2.05, 4.69) is 10.3 Å². The van der Waals surface area contributed by atoms with E-state index >= 15 is 0 Å². The van der Waals surface area contributed by atoms with Crippen LogP contribution in [0.2, 0.25) is 5.02 Å². The number of nitrogens with zero attached hydrogens (tertiary/aromatic N) is 1. The van der Waals surface area contributed by atoms with E-state index in [1.165, 1.54) is 24.3 Å². The largest absolute Gasteiger partial charge is 0.433 e. The highest BCUT2D eigenvalue weighted by atomic mass is 35.5. The number of benzene rings is 2. The summed E-state index contributed by atoms with van der Waals surface area (Å²) in [6, 6.07) is 10.0. The standard InChI is InChI=1S/C24H20ClF5N2O/c1-3-14-4-5-15(11-20(14)27)13(2)23(33)31-12-17-7-9-21(24(28,29)30)32-22(17)16-6-8-19(26)18(25)10-16/h4-11,13H,3,12H2,1-2H3,(H,31,33). The normalized spacial score (nSPS) is 12.5. The van der Waals surface area contributed by atoms with Crippen LogP contribution in [0.4, 0.5) is 22.0 Å². The zero-order valence-electron chi connectivity index (χ0n) is 17.7. The second-order valence-electron chi connectivity index (χ2n) is 7.47. The maximum Gasteiger partial charge on any atom is 0.433 e. The number of pyridine rings is 1. The summed E-state index contributed by atoms with van der Waals surface area (Å²) >= 11 is 5.79. The summed E-state index contributed by atoms with van der Waals surface area (Å²) in [5, 5.41) is 2.38. The Labute approximate surface area is 192 Å². The van der Waals surface area contributed by atoms with E-state index in [1.807, 2.05) is 6.92 Å². The molecule has 0 aliphatic rings. The molecule has 9 heteroatoms. The number of nitrogens with one attached hydrogen (secondary N) is 1. The van der Waals surface area contributed by atoms with Gasteiger partial charge in [0.25, 0.3) is 0 Å². The minimum absolute atomic E-state index is 0.0852. The Morgan fingerprint density at radius 2 is 1.73 bits per heavy atom. The molecule has 1 heterocycles. The lowest BCUT2D eigenvalue weighted by molar-refractivity contribution is -0.141. The number of aryl methyl sites for hydroxylation is 1. The molecule has 1 aromatic heterocycles. The third-order valence-electron chi connectivity index (χ3n) is 5.27. The van der Waals surface area contributed by atoms with Crippen molar-refractivity contribution >= 4 is 17.5 Å². The van der Waals surface area contributed by atoms with Gasteiger partial charge in [0, 0.05) is 12.1 Å². The van der Waals surface area contributed by atoms with Crippen molar-refractivity contribution in [3.8, 4) is 11.3 Å². The summed E-state index contributed by atoms with van der Waals surface area (Å²) < 4.78 is 67.3. The topological polar surface area (TPSA) is 42.0 Å². The molecule has 1 atom stereocenters. The maximum absolute atomic E-state index is 14.1. The molecule has 0 spiro atoms. The number of amides is 1. The Kier molecular flexibility index (Phi) is 7.37. The van der Waals surface area contributed by atoms with Crippen LogP contribution in [0, 0.1) is 11.6 Å². The molecule has 0 saturated carbocycles. The molecule has 3 rings (SSSR count). The average molecular weight is 483 g/mol. The highest BCUT2D eigenvalue weighted by Gasteiger charge is 2.33. The maximum atomic E-state index is 14.1. The van der Waals surface area contributed by atoms with Gasteiger partial charge in [0.1, 0.15) is 17.3 Å². The number of alkyl halides is 3. The summed E-state index contributed by atoms with van der Waals surface area (Å²) in [6.45, 7) is 3.27. The minimum Gasteiger partial charge on any atom is -0.351 e. The Morgan fingerprint density at radius 1 is 1.03 bits per heavy atom. The fourth-order valence-electron chi connectivity index (χ4n) is 3.29. The second-order valence-corrected chi connectivity index (χ2v) is 7.88. The molecule has 1 unspecified atom stereocenters. The van der Waals surface area contributed by atoms with Crippen LogP contribution in [0.1, 0.15) is 42.1 Å². The average Bonchev–Trinajstić information content (AvgIpc) is 2.78. The smallest absolute Gasteiger partial charge is 0.351 e.